The minimum Gasteiger partial charge on any atom is -0.516 e. The summed E-state index contributed by atoms with van der Waals surface area (Å²) >= 11 is 0. The van der Waals surface area contributed by atoms with E-state index in [1.54, 1.807) is 6.08 Å². The molecule has 0 aliphatic rings. The minimum atomic E-state index is 0.851. The zero-order valence-electron chi connectivity index (χ0n) is 9.58. The summed E-state index contributed by atoms with van der Waals surface area (Å²) in [6.45, 7) is 4.56. The maximum atomic E-state index is 8.36. The van der Waals surface area contributed by atoms with E-state index >= 15 is 0 Å². The summed E-state index contributed by atoms with van der Waals surface area (Å²) in [6, 6.07) is 0. The fraction of sp³-hybridized carbons (Fsp3) is 0.692. The van der Waals surface area contributed by atoms with Crippen LogP contribution in [0.5, 0.6) is 0 Å². The number of aliphatic hydroxyl groups is 1. The van der Waals surface area contributed by atoms with E-state index in [9.17, 15) is 0 Å². The SMILES string of the molecule is CC(C)CCCCCCC=CC=CO. The first-order valence-electron chi connectivity index (χ1n) is 5.73. The van der Waals surface area contributed by atoms with Gasteiger partial charge in [0.05, 0.1) is 6.26 Å². The fourth-order valence-electron chi connectivity index (χ4n) is 1.39. The molecule has 0 aromatic rings. The molecule has 0 saturated heterocycles. The molecule has 1 heteroatoms. The standard InChI is InChI=1S/C13H24O/c1-13(2)11-9-7-5-3-4-6-8-10-12-14/h6,8,10,12-14H,3-5,7,9,11H2,1-2H3. The van der Waals surface area contributed by atoms with E-state index < -0.39 is 0 Å². The Labute approximate surface area is 88.5 Å². The first-order valence-corrected chi connectivity index (χ1v) is 5.73. The summed E-state index contributed by atoms with van der Waals surface area (Å²) in [5.41, 5.74) is 0. The average Bonchev–Trinajstić information content (AvgIpc) is 2.15. The lowest BCUT2D eigenvalue weighted by atomic mass is 10.0. The average molecular weight is 196 g/mol. The van der Waals surface area contributed by atoms with Crippen molar-refractivity contribution in [3.63, 3.8) is 0 Å². The van der Waals surface area contributed by atoms with Gasteiger partial charge in [-0.25, -0.2) is 0 Å². The highest BCUT2D eigenvalue weighted by Crippen LogP contribution is 2.10. The molecule has 0 fully saturated rings. The largest absolute Gasteiger partial charge is 0.516 e. The van der Waals surface area contributed by atoms with Gasteiger partial charge < -0.3 is 5.11 Å². The van der Waals surface area contributed by atoms with Crippen LogP contribution in [0.25, 0.3) is 0 Å². The third kappa shape index (κ3) is 11.3. The Balaban J connectivity index is 3.06. The maximum absolute atomic E-state index is 8.36. The highest BCUT2D eigenvalue weighted by molar-refractivity contribution is 4.98. The van der Waals surface area contributed by atoms with Gasteiger partial charge in [0.1, 0.15) is 0 Å². The van der Waals surface area contributed by atoms with Gasteiger partial charge in [-0.05, 0) is 24.8 Å². The monoisotopic (exact) mass is 196 g/mol. The van der Waals surface area contributed by atoms with E-state index in [4.69, 9.17) is 5.11 Å². The molecule has 0 spiro atoms. The highest BCUT2D eigenvalue weighted by atomic mass is 16.2. The van der Waals surface area contributed by atoms with Gasteiger partial charge in [-0.3, -0.25) is 0 Å². The van der Waals surface area contributed by atoms with Crippen LogP contribution in [0, 0.1) is 5.92 Å². The Bertz CT molecular complexity index is 157. The molecule has 0 aromatic heterocycles. The molecule has 0 bridgehead atoms. The molecule has 0 rings (SSSR count). The van der Waals surface area contributed by atoms with Gasteiger partial charge in [0.15, 0.2) is 0 Å². The normalized spacial score (nSPS) is 12.2. The molecular weight excluding hydrogens is 172 g/mol. The van der Waals surface area contributed by atoms with Crippen LogP contribution >= 0.6 is 0 Å². The molecule has 0 aliphatic carbocycles. The van der Waals surface area contributed by atoms with Crippen LogP contribution in [0.1, 0.15) is 52.4 Å². The van der Waals surface area contributed by atoms with Crippen molar-refractivity contribution < 1.29 is 5.11 Å². The van der Waals surface area contributed by atoms with Gasteiger partial charge in [0.2, 0.25) is 0 Å². The Hall–Kier alpha value is -0.720. The number of unbranched alkanes of at least 4 members (excludes halogenated alkanes) is 4. The van der Waals surface area contributed by atoms with Crippen molar-refractivity contribution in [1.29, 1.82) is 0 Å². The lowest BCUT2D eigenvalue weighted by molar-refractivity contribution is 0.473. The number of allylic oxidation sites excluding steroid dienone is 3. The van der Waals surface area contributed by atoms with E-state index in [0.717, 1.165) is 18.6 Å². The summed E-state index contributed by atoms with van der Waals surface area (Å²) in [4.78, 5) is 0. The molecular formula is C13H24O. The fourth-order valence-corrected chi connectivity index (χ4v) is 1.39. The van der Waals surface area contributed by atoms with Gasteiger partial charge >= 0.3 is 0 Å². The number of aliphatic hydroxyl groups excluding tert-OH is 1. The zero-order valence-corrected chi connectivity index (χ0v) is 9.58. The van der Waals surface area contributed by atoms with Gasteiger partial charge in [-0.2, -0.15) is 0 Å². The lowest BCUT2D eigenvalue weighted by Gasteiger charge is -2.02. The highest BCUT2D eigenvalue weighted by Gasteiger charge is 1.93. The lowest BCUT2D eigenvalue weighted by Crippen LogP contribution is -1.86. The summed E-state index contributed by atoms with van der Waals surface area (Å²) in [7, 11) is 0. The van der Waals surface area contributed by atoms with Gasteiger partial charge in [-0.15, -0.1) is 0 Å². The van der Waals surface area contributed by atoms with Crippen LogP contribution in [-0.4, -0.2) is 5.11 Å². The Kier molecular flexibility index (Phi) is 9.83. The third-order valence-electron chi connectivity index (χ3n) is 2.24. The van der Waals surface area contributed by atoms with Crippen LogP contribution in [0.15, 0.2) is 24.5 Å². The molecule has 14 heavy (non-hydrogen) atoms. The second-order valence-corrected chi connectivity index (χ2v) is 4.16. The van der Waals surface area contributed by atoms with Gasteiger partial charge in [-0.1, -0.05) is 51.7 Å². The number of hydrogen-bond acceptors (Lipinski definition) is 1. The van der Waals surface area contributed by atoms with E-state index in [-0.39, 0.29) is 0 Å². The molecule has 0 atom stereocenters. The predicted molar refractivity (Wildman–Crippen MR) is 63.4 cm³/mol. The summed E-state index contributed by atoms with van der Waals surface area (Å²) < 4.78 is 0. The van der Waals surface area contributed by atoms with Crippen molar-refractivity contribution in [3.05, 3.63) is 24.5 Å². The van der Waals surface area contributed by atoms with E-state index in [2.05, 4.69) is 19.9 Å². The first-order chi connectivity index (χ1) is 6.77. The van der Waals surface area contributed by atoms with Crippen molar-refractivity contribution in [2.24, 2.45) is 5.92 Å². The predicted octanol–water partition coefficient (Wildman–Crippen LogP) is 4.61. The Morgan fingerprint density at radius 3 is 2.36 bits per heavy atom. The van der Waals surface area contributed by atoms with Crippen molar-refractivity contribution in [1.82, 2.24) is 0 Å². The van der Waals surface area contributed by atoms with Gasteiger partial charge in [0.25, 0.3) is 0 Å². The van der Waals surface area contributed by atoms with Crippen LogP contribution in [0.4, 0.5) is 0 Å². The van der Waals surface area contributed by atoms with Crippen LogP contribution in [0.3, 0.4) is 0 Å². The molecule has 0 heterocycles. The van der Waals surface area contributed by atoms with Crippen molar-refractivity contribution >= 4 is 0 Å². The molecule has 1 N–H and O–H groups in total. The summed E-state index contributed by atoms with van der Waals surface area (Å²) in [5.74, 6) is 0.851. The van der Waals surface area contributed by atoms with E-state index in [0.29, 0.717) is 0 Å². The maximum Gasteiger partial charge on any atom is 0.0791 e. The second-order valence-electron chi connectivity index (χ2n) is 4.16. The van der Waals surface area contributed by atoms with Gasteiger partial charge in [0, 0.05) is 0 Å². The van der Waals surface area contributed by atoms with E-state index in [1.165, 1.54) is 32.1 Å². The van der Waals surface area contributed by atoms with E-state index in [1.807, 2.05) is 6.08 Å². The van der Waals surface area contributed by atoms with Crippen molar-refractivity contribution in [2.45, 2.75) is 52.4 Å². The quantitative estimate of drug-likeness (QED) is 0.341. The molecule has 1 nitrogen and oxygen atoms in total. The Morgan fingerprint density at radius 2 is 1.71 bits per heavy atom. The third-order valence-corrected chi connectivity index (χ3v) is 2.24. The Morgan fingerprint density at radius 1 is 1.00 bits per heavy atom. The zero-order chi connectivity index (χ0) is 10.6. The molecule has 0 aliphatic heterocycles. The topological polar surface area (TPSA) is 20.2 Å². The molecule has 0 unspecified atom stereocenters. The smallest absolute Gasteiger partial charge is 0.0791 e. The van der Waals surface area contributed by atoms with Crippen LogP contribution in [0.2, 0.25) is 0 Å². The molecule has 0 amide bonds. The number of rotatable bonds is 8. The summed E-state index contributed by atoms with van der Waals surface area (Å²) in [6.07, 6.45) is 14.6. The molecule has 0 aromatic carbocycles. The molecule has 0 saturated carbocycles. The number of hydrogen-bond donors (Lipinski definition) is 1. The molecule has 0 radical (unpaired) electrons. The molecule has 82 valence electrons. The van der Waals surface area contributed by atoms with Crippen molar-refractivity contribution in [3.8, 4) is 0 Å². The van der Waals surface area contributed by atoms with Crippen LogP contribution < -0.4 is 0 Å². The minimum absolute atomic E-state index is 0.851. The summed E-state index contributed by atoms with van der Waals surface area (Å²) in [5, 5.41) is 8.36. The van der Waals surface area contributed by atoms with Crippen molar-refractivity contribution in [2.75, 3.05) is 0 Å². The van der Waals surface area contributed by atoms with Crippen LogP contribution in [-0.2, 0) is 0 Å². The first kappa shape index (κ1) is 13.3. The second kappa shape index (κ2) is 10.4.